The summed E-state index contributed by atoms with van der Waals surface area (Å²) in [4.78, 5) is 28.8. The van der Waals surface area contributed by atoms with E-state index >= 15 is 0 Å². The molecule has 1 aliphatic heterocycles. The fraction of sp³-hybridized carbons (Fsp3) is 0.412. The number of carbonyl (C=O) groups excluding carboxylic acids is 1. The normalized spacial score (nSPS) is 21.5. The maximum Gasteiger partial charge on any atom is 0.311 e. The molecule has 2 aromatic rings. The quantitative estimate of drug-likeness (QED) is 0.913. The fourth-order valence-electron chi connectivity index (χ4n) is 3.17. The highest BCUT2D eigenvalue weighted by molar-refractivity contribution is 5.90. The highest BCUT2D eigenvalue weighted by Crippen LogP contribution is 2.31. The summed E-state index contributed by atoms with van der Waals surface area (Å²) in [7, 11) is 0. The number of aromatic amines is 1. The minimum atomic E-state index is -0.828. The number of carboxylic acids is 1. The van der Waals surface area contributed by atoms with Gasteiger partial charge in [-0.25, -0.2) is 0 Å². The molecule has 5 nitrogen and oxygen atoms in total. The zero-order valence-corrected chi connectivity index (χ0v) is 12.8. The number of rotatable bonds is 3. The number of para-hydroxylation sites is 1. The Morgan fingerprint density at radius 3 is 2.77 bits per heavy atom. The first kappa shape index (κ1) is 14.6. The number of carboxylic acid groups (broad SMARTS) is 1. The van der Waals surface area contributed by atoms with E-state index < -0.39 is 11.4 Å². The second-order valence-corrected chi connectivity index (χ2v) is 6.38. The van der Waals surface area contributed by atoms with E-state index in [0.717, 1.165) is 22.2 Å². The van der Waals surface area contributed by atoms with Crippen molar-refractivity contribution in [1.29, 1.82) is 0 Å². The molecular formula is C17H20N2O3. The molecule has 1 fully saturated rings. The Bertz CT molecular complexity index is 749. The number of aryl methyl sites for hydroxylation is 1. The van der Waals surface area contributed by atoms with Gasteiger partial charge in [0.2, 0.25) is 5.91 Å². The lowest BCUT2D eigenvalue weighted by molar-refractivity contribution is -0.147. The molecule has 1 amide bonds. The first-order valence-corrected chi connectivity index (χ1v) is 7.48. The number of benzene rings is 1. The van der Waals surface area contributed by atoms with E-state index in [4.69, 9.17) is 0 Å². The van der Waals surface area contributed by atoms with Crippen LogP contribution in [-0.2, 0) is 16.0 Å². The van der Waals surface area contributed by atoms with Crippen LogP contribution in [0, 0.1) is 12.3 Å². The molecule has 22 heavy (non-hydrogen) atoms. The maximum atomic E-state index is 12.5. The molecule has 1 aromatic heterocycles. The maximum absolute atomic E-state index is 12.5. The minimum Gasteiger partial charge on any atom is -0.481 e. The van der Waals surface area contributed by atoms with Gasteiger partial charge in [0, 0.05) is 29.7 Å². The van der Waals surface area contributed by atoms with Gasteiger partial charge < -0.3 is 15.0 Å². The Morgan fingerprint density at radius 1 is 1.36 bits per heavy atom. The molecule has 0 aliphatic carbocycles. The molecule has 1 saturated heterocycles. The standard InChI is InChI=1S/C17H20N2O3/c1-11-13(12-5-3-4-6-14(12)18-11)9-15(20)19-8-7-17(2,10-19)16(21)22/h3-6,18H,7-10H2,1-2H3,(H,21,22). The van der Waals surface area contributed by atoms with E-state index in [1.165, 1.54) is 0 Å². The lowest BCUT2D eigenvalue weighted by Crippen LogP contribution is -2.35. The first-order chi connectivity index (χ1) is 10.4. The van der Waals surface area contributed by atoms with Crippen molar-refractivity contribution in [2.45, 2.75) is 26.7 Å². The van der Waals surface area contributed by atoms with Gasteiger partial charge in [-0.2, -0.15) is 0 Å². The Labute approximate surface area is 128 Å². The smallest absolute Gasteiger partial charge is 0.311 e. The summed E-state index contributed by atoms with van der Waals surface area (Å²) >= 11 is 0. The predicted octanol–water partition coefficient (Wildman–Crippen LogP) is 2.34. The second-order valence-electron chi connectivity index (χ2n) is 6.38. The Kier molecular flexibility index (Phi) is 3.43. The van der Waals surface area contributed by atoms with Crippen molar-refractivity contribution in [2.24, 2.45) is 5.41 Å². The molecule has 5 heteroatoms. The summed E-state index contributed by atoms with van der Waals surface area (Å²) in [5.74, 6) is -0.830. The third-order valence-corrected chi connectivity index (χ3v) is 4.70. The Balaban J connectivity index is 1.80. The zero-order chi connectivity index (χ0) is 15.9. The van der Waals surface area contributed by atoms with E-state index in [2.05, 4.69) is 4.98 Å². The average molecular weight is 300 g/mol. The SMILES string of the molecule is Cc1[nH]c2ccccc2c1CC(=O)N1CCC(C)(C(=O)O)C1. The Morgan fingerprint density at radius 2 is 2.09 bits per heavy atom. The highest BCUT2D eigenvalue weighted by Gasteiger charge is 2.42. The largest absolute Gasteiger partial charge is 0.481 e. The molecule has 0 radical (unpaired) electrons. The Hall–Kier alpha value is -2.30. The molecule has 1 unspecified atom stereocenters. The monoisotopic (exact) mass is 300 g/mol. The molecule has 1 atom stereocenters. The number of aliphatic carboxylic acids is 1. The van der Waals surface area contributed by atoms with Crippen LogP contribution in [0.2, 0.25) is 0 Å². The average Bonchev–Trinajstić information content (AvgIpc) is 3.02. The summed E-state index contributed by atoms with van der Waals surface area (Å²) in [6, 6.07) is 7.92. The van der Waals surface area contributed by atoms with Crippen LogP contribution in [0.15, 0.2) is 24.3 Å². The van der Waals surface area contributed by atoms with Gasteiger partial charge in [-0.1, -0.05) is 18.2 Å². The molecule has 2 heterocycles. The van der Waals surface area contributed by atoms with Crippen molar-refractivity contribution in [3.8, 4) is 0 Å². The van der Waals surface area contributed by atoms with Gasteiger partial charge in [-0.15, -0.1) is 0 Å². The van der Waals surface area contributed by atoms with Crippen molar-refractivity contribution >= 4 is 22.8 Å². The number of carbonyl (C=O) groups is 2. The van der Waals surface area contributed by atoms with Gasteiger partial charge in [0.05, 0.1) is 11.8 Å². The van der Waals surface area contributed by atoms with Crippen molar-refractivity contribution in [2.75, 3.05) is 13.1 Å². The van der Waals surface area contributed by atoms with Crippen LogP contribution in [0.4, 0.5) is 0 Å². The van der Waals surface area contributed by atoms with Gasteiger partial charge in [0.1, 0.15) is 0 Å². The van der Waals surface area contributed by atoms with E-state index in [0.29, 0.717) is 25.9 Å². The number of hydrogen-bond acceptors (Lipinski definition) is 2. The number of amides is 1. The van der Waals surface area contributed by atoms with Crippen molar-refractivity contribution < 1.29 is 14.7 Å². The van der Waals surface area contributed by atoms with Crippen molar-refractivity contribution in [3.05, 3.63) is 35.5 Å². The molecule has 3 rings (SSSR count). The zero-order valence-electron chi connectivity index (χ0n) is 12.8. The lowest BCUT2D eigenvalue weighted by Gasteiger charge is -2.20. The highest BCUT2D eigenvalue weighted by atomic mass is 16.4. The third-order valence-electron chi connectivity index (χ3n) is 4.70. The molecule has 2 N–H and O–H groups in total. The van der Waals surface area contributed by atoms with Crippen LogP contribution in [0.3, 0.4) is 0 Å². The van der Waals surface area contributed by atoms with Crippen LogP contribution < -0.4 is 0 Å². The summed E-state index contributed by atoms with van der Waals surface area (Å²) in [5, 5.41) is 10.3. The van der Waals surface area contributed by atoms with Gasteiger partial charge >= 0.3 is 5.97 Å². The fourth-order valence-corrected chi connectivity index (χ4v) is 3.17. The molecule has 116 valence electrons. The summed E-state index contributed by atoms with van der Waals surface area (Å²) in [6.07, 6.45) is 0.826. The molecule has 0 spiro atoms. The van der Waals surface area contributed by atoms with Crippen molar-refractivity contribution in [1.82, 2.24) is 9.88 Å². The molecule has 1 aromatic carbocycles. The number of aromatic nitrogens is 1. The van der Waals surface area contributed by atoms with Crippen LogP contribution in [0.25, 0.3) is 10.9 Å². The number of H-pyrrole nitrogens is 1. The lowest BCUT2D eigenvalue weighted by atomic mass is 9.90. The van der Waals surface area contributed by atoms with Crippen LogP contribution >= 0.6 is 0 Å². The summed E-state index contributed by atoms with van der Waals surface area (Å²) in [6.45, 7) is 4.49. The topological polar surface area (TPSA) is 73.4 Å². The second kappa shape index (κ2) is 5.16. The minimum absolute atomic E-state index is 0.00201. The number of nitrogens with one attached hydrogen (secondary N) is 1. The predicted molar refractivity (Wildman–Crippen MR) is 83.7 cm³/mol. The van der Waals surface area contributed by atoms with Gasteiger partial charge in [0.25, 0.3) is 0 Å². The third kappa shape index (κ3) is 2.36. The summed E-state index contributed by atoms with van der Waals surface area (Å²) < 4.78 is 0. The molecule has 0 saturated carbocycles. The molecular weight excluding hydrogens is 280 g/mol. The van der Waals surface area contributed by atoms with E-state index in [1.807, 2.05) is 31.2 Å². The van der Waals surface area contributed by atoms with Crippen LogP contribution in [0.1, 0.15) is 24.6 Å². The van der Waals surface area contributed by atoms with Crippen LogP contribution in [-0.4, -0.2) is 40.0 Å². The number of nitrogens with zero attached hydrogens (tertiary/aromatic N) is 1. The summed E-state index contributed by atoms with van der Waals surface area (Å²) in [5.41, 5.74) is 2.21. The number of hydrogen-bond donors (Lipinski definition) is 2. The van der Waals surface area contributed by atoms with E-state index in [-0.39, 0.29) is 5.91 Å². The van der Waals surface area contributed by atoms with E-state index in [9.17, 15) is 14.7 Å². The number of fused-ring (bicyclic) bond motifs is 1. The number of likely N-dealkylation sites (tertiary alicyclic amines) is 1. The first-order valence-electron chi connectivity index (χ1n) is 7.48. The van der Waals surface area contributed by atoms with Gasteiger partial charge in [0.15, 0.2) is 0 Å². The van der Waals surface area contributed by atoms with E-state index in [1.54, 1.807) is 11.8 Å². The van der Waals surface area contributed by atoms with Gasteiger partial charge in [-0.05, 0) is 31.9 Å². The molecule has 0 bridgehead atoms. The van der Waals surface area contributed by atoms with Gasteiger partial charge in [-0.3, -0.25) is 9.59 Å². The molecule has 1 aliphatic rings. The van der Waals surface area contributed by atoms with Crippen LogP contribution in [0.5, 0.6) is 0 Å². The van der Waals surface area contributed by atoms with Crippen molar-refractivity contribution in [3.63, 3.8) is 0 Å².